The average molecular weight is 272 g/mol. The molecule has 5 heteroatoms. The smallest absolute Gasteiger partial charge is 0.274 e. The van der Waals surface area contributed by atoms with Crippen molar-refractivity contribution in [2.75, 3.05) is 19.6 Å². The predicted molar refractivity (Wildman–Crippen MR) is 73.5 cm³/mol. The number of piperidine rings is 1. The molecule has 4 heterocycles. The fraction of sp³-hybridized carbons (Fsp3) is 0.733. The van der Waals surface area contributed by atoms with Crippen molar-refractivity contribution in [3.05, 3.63) is 17.5 Å². The van der Waals surface area contributed by atoms with Crippen LogP contribution in [0.5, 0.6) is 0 Å². The fourth-order valence-corrected chi connectivity index (χ4v) is 4.49. The summed E-state index contributed by atoms with van der Waals surface area (Å²) in [6, 6.07) is 2.86. The summed E-state index contributed by atoms with van der Waals surface area (Å²) in [4.78, 5) is 17.5. The van der Waals surface area contributed by atoms with E-state index in [1.54, 1.807) is 0 Å². The van der Waals surface area contributed by atoms with Crippen molar-refractivity contribution in [2.24, 2.45) is 5.92 Å². The van der Waals surface area contributed by atoms with Crippen molar-refractivity contribution in [1.82, 2.24) is 20.0 Å². The van der Waals surface area contributed by atoms with Crippen LogP contribution in [-0.2, 0) is 0 Å². The van der Waals surface area contributed by atoms with Gasteiger partial charge in [0.1, 0.15) is 5.69 Å². The number of carbonyl (C=O) groups is 1. The maximum absolute atomic E-state index is 12.8. The van der Waals surface area contributed by atoms with Crippen LogP contribution in [0.15, 0.2) is 6.07 Å². The van der Waals surface area contributed by atoms with Gasteiger partial charge in [0.05, 0.1) is 0 Å². The van der Waals surface area contributed by atoms with Gasteiger partial charge in [0.15, 0.2) is 0 Å². The monoisotopic (exact) mass is 272 g/mol. The Morgan fingerprint density at radius 2 is 2.20 bits per heavy atom. The maximum atomic E-state index is 12.8. The van der Waals surface area contributed by atoms with Crippen LogP contribution in [0.2, 0.25) is 0 Å². The highest BCUT2D eigenvalue weighted by Gasteiger charge is 2.51. The molecule has 0 radical (unpaired) electrons. The van der Waals surface area contributed by atoms with Gasteiger partial charge in [0.25, 0.3) is 5.91 Å². The third kappa shape index (κ3) is 1.53. The van der Waals surface area contributed by atoms with Crippen LogP contribution in [0.1, 0.15) is 47.8 Å². The summed E-state index contributed by atoms with van der Waals surface area (Å²) in [7, 11) is 0. The quantitative estimate of drug-likeness (QED) is 0.880. The van der Waals surface area contributed by atoms with Gasteiger partial charge >= 0.3 is 0 Å². The Kier molecular flexibility index (Phi) is 2.18. The van der Waals surface area contributed by atoms with Gasteiger partial charge in [-0.1, -0.05) is 0 Å². The van der Waals surface area contributed by atoms with E-state index < -0.39 is 0 Å². The summed E-state index contributed by atoms with van der Waals surface area (Å²) in [5, 5.41) is 7.35. The van der Waals surface area contributed by atoms with E-state index in [2.05, 4.69) is 20.0 Å². The molecule has 1 aromatic heterocycles. The molecule has 1 aliphatic carbocycles. The zero-order chi connectivity index (χ0) is 13.3. The van der Waals surface area contributed by atoms with Crippen molar-refractivity contribution in [3.8, 4) is 0 Å². The number of amides is 1. The van der Waals surface area contributed by atoms with Crippen LogP contribution < -0.4 is 0 Å². The lowest BCUT2D eigenvalue weighted by atomic mass is 9.93. The Labute approximate surface area is 118 Å². The third-order valence-corrected chi connectivity index (χ3v) is 5.67. The van der Waals surface area contributed by atoms with E-state index in [1.165, 1.54) is 32.2 Å². The van der Waals surface area contributed by atoms with Gasteiger partial charge < -0.3 is 4.90 Å². The molecule has 4 aliphatic rings. The minimum Gasteiger partial charge on any atom is -0.328 e. The van der Waals surface area contributed by atoms with Crippen LogP contribution in [0.25, 0.3) is 0 Å². The van der Waals surface area contributed by atoms with Crippen LogP contribution in [-0.4, -0.2) is 57.6 Å². The van der Waals surface area contributed by atoms with E-state index in [0.29, 0.717) is 23.7 Å². The van der Waals surface area contributed by atoms with E-state index in [4.69, 9.17) is 0 Å². The zero-order valence-corrected chi connectivity index (χ0v) is 11.6. The summed E-state index contributed by atoms with van der Waals surface area (Å²) >= 11 is 0. The molecule has 0 aromatic carbocycles. The number of rotatable bonds is 2. The maximum Gasteiger partial charge on any atom is 0.274 e. The van der Waals surface area contributed by atoms with Crippen molar-refractivity contribution in [2.45, 2.75) is 43.7 Å². The van der Waals surface area contributed by atoms with E-state index in [0.717, 1.165) is 24.7 Å². The molecular weight excluding hydrogens is 252 g/mol. The first-order chi connectivity index (χ1) is 9.79. The van der Waals surface area contributed by atoms with Crippen molar-refractivity contribution < 1.29 is 4.79 Å². The van der Waals surface area contributed by atoms with Crippen LogP contribution >= 0.6 is 0 Å². The average Bonchev–Trinajstić information content (AvgIpc) is 3.17. The molecule has 1 N–H and O–H groups in total. The second-order valence-corrected chi connectivity index (χ2v) is 6.96. The summed E-state index contributed by atoms with van der Waals surface area (Å²) in [6.07, 6.45) is 4.94. The summed E-state index contributed by atoms with van der Waals surface area (Å²) in [5.74, 6) is 1.51. The minimum atomic E-state index is 0.159. The van der Waals surface area contributed by atoms with Crippen molar-refractivity contribution >= 4 is 5.91 Å². The van der Waals surface area contributed by atoms with E-state index >= 15 is 0 Å². The number of hydrogen-bond acceptors (Lipinski definition) is 3. The Balaban J connectivity index is 1.43. The third-order valence-electron chi connectivity index (χ3n) is 5.67. The number of nitrogens with zero attached hydrogens (tertiary/aromatic N) is 3. The van der Waals surface area contributed by atoms with E-state index in [1.807, 2.05) is 6.07 Å². The second kappa shape index (κ2) is 3.85. The first kappa shape index (κ1) is 11.3. The molecule has 1 saturated carbocycles. The lowest BCUT2D eigenvalue weighted by Gasteiger charge is -2.44. The van der Waals surface area contributed by atoms with Crippen molar-refractivity contribution in [3.63, 3.8) is 0 Å². The van der Waals surface area contributed by atoms with E-state index in [-0.39, 0.29) is 5.91 Å². The van der Waals surface area contributed by atoms with E-state index in [9.17, 15) is 4.79 Å². The van der Waals surface area contributed by atoms with Gasteiger partial charge in [-0.3, -0.25) is 14.8 Å². The van der Waals surface area contributed by atoms with Crippen molar-refractivity contribution in [1.29, 1.82) is 0 Å². The Morgan fingerprint density at radius 1 is 1.30 bits per heavy atom. The number of nitrogens with one attached hydrogen (secondary N) is 1. The molecule has 1 unspecified atom stereocenters. The Morgan fingerprint density at radius 3 is 3.05 bits per heavy atom. The molecule has 3 saturated heterocycles. The van der Waals surface area contributed by atoms with Crippen LogP contribution in [0, 0.1) is 5.92 Å². The molecule has 3 bridgehead atoms. The normalized spacial score (nSPS) is 38.5. The largest absolute Gasteiger partial charge is 0.328 e. The van der Waals surface area contributed by atoms with Crippen LogP contribution in [0.4, 0.5) is 0 Å². The molecular formula is C15H20N4O. The highest BCUT2D eigenvalue weighted by Crippen LogP contribution is 2.42. The number of H-pyrrole nitrogens is 1. The lowest BCUT2D eigenvalue weighted by molar-refractivity contribution is 0.0257. The van der Waals surface area contributed by atoms with Crippen LogP contribution in [0.3, 0.4) is 0 Å². The SMILES string of the molecule is O=C(c1cc(C2CC2)[nH]n1)N1C2C[C@H]3CC[N@@](C2)C[C@H]31. The first-order valence-electron chi connectivity index (χ1n) is 7.90. The Hall–Kier alpha value is -1.36. The van der Waals surface area contributed by atoms with Gasteiger partial charge in [-0.15, -0.1) is 0 Å². The van der Waals surface area contributed by atoms with Gasteiger partial charge in [-0.2, -0.15) is 5.10 Å². The summed E-state index contributed by atoms with van der Waals surface area (Å²) < 4.78 is 0. The molecule has 5 rings (SSSR count). The number of carbonyl (C=O) groups excluding carboxylic acids is 1. The zero-order valence-electron chi connectivity index (χ0n) is 11.6. The first-order valence-corrected chi connectivity index (χ1v) is 7.90. The molecule has 4 fully saturated rings. The number of piperazine rings is 1. The molecule has 5 nitrogen and oxygen atoms in total. The minimum absolute atomic E-state index is 0.159. The fourth-order valence-electron chi connectivity index (χ4n) is 4.49. The molecule has 4 atom stereocenters. The van der Waals surface area contributed by atoms with Gasteiger partial charge in [0, 0.05) is 36.8 Å². The standard InChI is InChI=1S/C15H20N4O/c20-15(13-6-12(16-17-13)9-1-2-9)19-11-5-10-3-4-18(7-11)8-14(10)19/h6,9-11,14H,1-5,7-8H2,(H,16,17)/t10-,11?,14-/m1/s1. The molecule has 106 valence electrons. The predicted octanol–water partition coefficient (Wildman–Crippen LogP) is 1.21. The van der Waals surface area contributed by atoms with Gasteiger partial charge in [-0.25, -0.2) is 0 Å². The topological polar surface area (TPSA) is 52.2 Å². The summed E-state index contributed by atoms with van der Waals surface area (Å²) in [6.45, 7) is 3.37. The molecule has 1 amide bonds. The summed E-state index contributed by atoms with van der Waals surface area (Å²) in [5.41, 5.74) is 1.79. The number of fused-ring (bicyclic) bond motifs is 2. The molecule has 0 spiro atoms. The molecule has 3 aliphatic heterocycles. The molecule has 1 aromatic rings. The second-order valence-electron chi connectivity index (χ2n) is 6.96. The highest BCUT2D eigenvalue weighted by atomic mass is 16.2. The Bertz CT molecular complexity index is 560. The van der Waals surface area contributed by atoms with Gasteiger partial charge in [0.2, 0.25) is 0 Å². The van der Waals surface area contributed by atoms with Gasteiger partial charge in [-0.05, 0) is 44.2 Å². The highest BCUT2D eigenvalue weighted by molar-refractivity contribution is 5.93. The molecule has 20 heavy (non-hydrogen) atoms. The number of hydrogen-bond donors (Lipinski definition) is 1. The number of aromatic nitrogens is 2. The lowest BCUT2D eigenvalue weighted by Crippen LogP contribution is -2.58. The number of aromatic amines is 1.